The number of rotatable bonds is 3. The maximum Gasteiger partial charge on any atom is 0.164 e. The third-order valence-corrected chi connectivity index (χ3v) is 4.49. The number of hydrogen-bond acceptors (Lipinski definition) is 3. The molecule has 1 saturated heterocycles. The Labute approximate surface area is 115 Å². The third-order valence-electron chi connectivity index (χ3n) is 4.49. The lowest BCUT2D eigenvalue weighted by molar-refractivity contribution is 0.0917. The van der Waals surface area contributed by atoms with E-state index in [0.29, 0.717) is 12.5 Å². The lowest BCUT2D eigenvalue weighted by Crippen LogP contribution is -2.49. The second kappa shape index (κ2) is 5.43. The fourth-order valence-electron chi connectivity index (χ4n) is 3.17. The summed E-state index contributed by atoms with van der Waals surface area (Å²) in [6.07, 6.45) is 4.19. The summed E-state index contributed by atoms with van der Waals surface area (Å²) in [7, 11) is 2.11. The van der Waals surface area contributed by atoms with Gasteiger partial charge in [-0.25, -0.2) is 0 Å². The first-order valence-electron chi connectivity index (χ1n) is 7.30. The van der Waals surface area contributed by atoms with E-state index in [1.807, 2.05) is 6.07 Å². The number of hydrogen-bond donors (Lipinski definition) is 1. The van der Waals surface area contributed by atoms with Crippen molar-refractivity contribution in [2.24, 2.45) is 0 Å². The van der Waals surface area contributed by atoms with E-state index in [1.54, 1.807) is 0 Å². The molecule has 3 nitrogen and oxygen atoms in total. The summed E-state index contributed by atoms with van der Waals surface area (Å²) < 4.78 is 0. The van der Waals surface area contributed by atoms with Gasteiger partial charge in [-0.2, -0.15) is 0 Å². The Morgan fingerprint density at radius 1 is 1.37 bits per heavy atom. The van der Waals surface area contributed by atoms with Crippen LogP contribution in [-0.2, 0) is 12.8 Å². The molecule has 0 aromatic heterocycles. The first-order valence-corrected chi connectivity index (χ1v) is 7.30. The van der Waals surface area contributed by atoms with Crippen LogP contribution in [0.25, 0.3) is 0 Å². The van der Waals surface area contributed by atoms with Crippen LogP contribution >= 0.6 is 0 Å². The smallest absolute Gasteiger partial charge is 0.164 e. The van der Waals surface area contributed by atoms with Gasteiger partial charge in [0.1, 0.15) is 0 Å². The van der Waals surface area contributed by atoms with Crippen LogP contribution in [0.2, 0.25) is 0 Å². The molecule has 1 aromatic carbocycles. The van der Waals surface area contributed by atoms with Gasteiger partial charge in [0.2, 0.25) is 0 Å². The third kappa shape index (κ3) is 2.72. The molecular formula is C16H22N2O. The van der Waals surface area contributed by atoms with Crippen molar-refractivity contribution in [2.45, 2.75) is 31.7 Å². The van der Waals surface area contributed by atoms with Crippen molar-refractivity contribution in [3.8, 4) is 0 Å². The molecule has 3 heteroatoms. The van der Waals surface area contributed by atoms with Crippen LogP contribution < -0.4 is 5.32 Å². The molecule has 1 aliphatic carbocycles. The number of aryl methyl sites for hydroxylation is 2. The van der Waals surface area contributed by atoms with Crippen LogP contribution in [0, 0.1) is 0 Å². The molecule has 19 heavy (non-hydrogen) atoms. The maximum atomic E-state index is 12.4. The summed E-state index contributed by atoms with van der Waals surface area (Å²) in [4.78, 5) is 14.7. The van der Waals surface area contributed by atoms with E-state index in [-0.39, 0.29) is 5.78 Å². The van der Waals surface area contributed by atoms with Crippen molar-refractivity contribution in [1.29, 1.82) is 0 Å². The molecule has 1 N–H and O–H groups in total. The number of fused-ring (bicyclic) bond motifs is 1. The number of piperazine rings is 1. The second-order valence-corrected chi connectivity index (χ2v) is 5.80. The molecule has 2 aliphatic rings. The summed E-state index contributed by atoms with van der Waals surface area (Å²) in [5, 5.41) is 3.37. The van der Waals surface area contributed by atoms with E-state index in [4.69, 9.17) is 0 Å². The first-order chi connectivity index (χ1) is 9.24. The van der Waals surface area contributed by atoms with Crippen molar-refractivity contribution >= 4 is 5.78 Å². The number of ketones is 1. The molecule has 0 saturated carbocycles. The zero-order valence-corrected chi connectivity index (χ0v) is 11.6. The summed E-state index contributed by atoms with van der Waals surface area (Å²) in [6, 6.07) is 6.64. The number of nitrogens with zero attached hydrogens (tertiary/aromatic N) is 1. The number of Topliss-reactive ketones (excluding diaryl/α,β-unsaturated/α-hetero) is 1. The fraction of sp³-hybridized carbons (Fsp3) is 0.562. The van der Waals surface area contributed by atoms with Crippen LogP contribution in [0.1, 0.15) is 34.3 Å². The highest BCUT2D eigenvalue weighted by Gasteiger charge is 2.22. The average Bonchev–Trinajstić information content (AvgIpc) is 2.88. The van der Waals surface area contributed by atoms with Crippen LogP contribution in [-0.4, -0.2) is 43.4 Å². The number of likely N-dealkylation sites (N-methyl/N-ethyl adjacent to an activating group) is 1. The number of carbonyl (C=O) groups is 1. The van der Waals surface area contributed by atoms with Crippen LogP contribution in [0.15, 0.2) is 18.2 Å². The molecule has 1 heterocycles. The molecule has 1 aromatic rings. The van der Waals surface area contributed by atoms with Crippen molar-refractivity contribution in [2.75, 3.05) is 26.7 Å². The van der Waals surface area contributed by atoms with Crippen molar-refractivity contribution in [3.63, 3.8) is 0 Å². The molecule has 3 rings (SSSR count). The number of carbonyl (C=O) groups excluding carboxylic acids is 1. The van der Waals surface area contributed by atoms with Gasteiger partial charge >= 0.3 is 0 Å². The Balaban J connectivity index is 1.70. The van der Waals surface area contributed by atoms with Crippen LogP contribution in [0.5, 0.6) is 0 Å². The topological polar surface area (TPSA) is 32.3 Å². The van der Waals surface area contributed by atoms with Gasteiger partial charge in [0.25, 0.3) is 0 Å². The SMILES string of the molecule is CN1CCNCC1CC(=O)c1ccc2c(c1)CCC2. The number of nitrogens with one attached hydrogen (secondary N) is 1. The predicted octanol–water partition coefficient (Wildman–Crippen LogP) is 1.65. The van der Waals surface area contributed by atoms with Crippen molar-refractivity contribution in [3.05, 3.63) is 34.9 Å². The molecule has 1 atom stereocenters. The quantitative estimate of drug-likeness (QED) is 0.837. The minimum absolute atomic E-state index is 0.287. The van der Waals surface area contributed by atoms with Gasteiger partial charge in [-0.1, -0.05) is 12.1 Å². The highest BCUT2D eigenvalue weighted by Crippen LogP contribution is 2.23. The standard InChI is InChI=1S/C16H22N2O/c1-18-8-7-17-11-15(18)10-16(19)14-6-5-12-3-2-4-13(12)9-14/h5-6,9,15,17H,2-4,7-8,10-11H2,1H3. The highest BCUT2D eigenvalue weighted by atomic mass is 16.1. The van der Waals surface area contributed by atoms with E-state index >= 15 is 0 Å². The minimum atomic E-state index is 0.287. The molecule has 102 valence electrons. The molecule has 1 aliphatic heterocycles. The lowest BCUT2D eigenvalue weighted by atomic mass is 9.98. The molecular weight excluding hydrogens is 236 g/mol. The van der Waals surface area contributed by atoms with Gasteiger partial charge in [-0.15, -0.1) is 0 Å². The molecule has 0 amide bonds. The summed E-state index contributed by atoms with van der Waals surface area (Å²) in [6.45, 7) is 2.98. The van der Waals surface area contributed by atoms with E-state index in [9.17, 15) is 4.79 Å². The lowest BCUT2D eigenvalue weighted by Gasteiger charge is -2.32. The zero-order chi connectivity index (χ0) is 13.2. The molecule has 1 fully saturated rings. The molecule has 0 spiro atoms. The summed E-state index contributed by atoms with van der Waals surface area (Å²) in [5.74, 6) is 0.287. The predicted molar refractivity (Wildman–Crippen MR) is 76.7 cm³/mol. The highest BCUT2D eigenvalue weighted by molar-refractivity contribution is 5.96. The largest absolute Gasteiger partial charge is 0.314 e. The number of benzene rings is 1. The average molecular weight is 258 g/mol. The summed E-state index contributed by atoms with van der Waals surface area (Å²) >= 11 is 0. The second-order valence-electron chi connectivity index (χ2n) is 5.80. The van der Waals surface area contributed by atoms with Gasteiger partial charge in [-0.3, -0.25) is 4.79 Å². The Morgan fingerprint density at radius 2 is 2.21 bits per heavy atom. The van der Waals surface area contributed by atoms with E-state index < -0.39 is 0 Å². The van der Waals surface area contributed by atoms with Crippen molar-refractivity contribution < 1.29 is 4.79 Å². The maximum absolute atomic E-state index is 12.4. The Kier molecular flexibility index (Phi) is 3.67. The van der Waals surface area contributed by atoms with Crippen molar-refractivity contribution in [1.82, 2.24) is 10.2 Å². The van der Waals surface area contributed by atoms with Gasteiger partial charge in [0, 0.05) is 37.7 Å². The Morgan fingerprint density at radius 3 is 3.05 bits per heavy atom. The van der Waals surface area contributed by atoms with Gasteiger partial charge in [-0.05, 0) is 43.5 Å². The minimum Gasteiger partial charge on any atom is -0.314 e. The fourth-order valence-corrected chi connectivity index (χ4v) is 3.17. The van der Waals surface area contributed by atoms with Crippen LogP contribution in [0.3, 0.4) is 0 Å². The Hall–Kier alpha value is -1.19. The van der Waals surface area contributed by atoms with Crippen LogP contribution in [0.4, 0.5) is 0 Å². The Bertz CT molecular complexity index is 484. The van der Waals surface area contributed by atoms with E-state index in [2.05, 4.69) is 29.4 Å². The van der Waals surface area contributed by atoms with E-state index in [0.717, 1.165) is 31.6 Å². The zero-order valence-electron chi connectivity index (χ0n) is 11.6. The summed E-state index contributed by atoms with van der Waals surface area (Å²) in [5.41, 5.74) is 3.73. The van der Waals surface area contributed by atoms with Gasteiger partial charge in [0.05, 0.1) is 0 Å². The first kappa shape index (κ1) is 12.8. The van der Waals surface area contributed by atoms with Gasteiger partial charge < -0.3 is 10.2 Å². The monoisotopic (exact) mass is 258 g/mol. The molecule has 1 unspecified atom stereocenters. The molecule has 0 bridgehead atoms. The molecule has 0 radical (unpaired) electrons. The van der Waals surface area contributed by atoms with E-state index in [1.165, 1.54) is 24.0 Å². The normalized spacial score (nSPS) is 23.3. The van der Waals surface area contributed by atoms with Gasteiger partial charge in [0.15, 0.2) is 5.78 Å².